The molecule has 0 aromatic heterocycles. The van der Waals surface area contributed by atoms with Crippen LogP contribution in [0.3, 0.4) is 0 Å². The summed E-state index contributed by atoms with van der Waals surface area (Å²) in [6.07, 6.45) is 0. The molecule has 0 aromatic carbocycles. The fraction of sp³-hybridized carbons (Fsp3) is 0.857. The lowest BCUT2D eigenvalue weighted by atomic mass is 10.2. The van der Waals surface area contributed by atoms with Crippen LogP contribution in [0.15, 0.2) is 0 Å². The molecule has 0 aromatic rings. The molecular weight excluding hydrogens is 148 g/mol. The van der Waals surface area contributed by atoms with E-state index in [4.69, 9.17) is 9.84 Å². The number of ether oxygens (including phenoxy) is 2. The molecule has 0 heterocycles. The molecule has 4 heteroatoms. The van der Waals surface area contributed by atoms with E-state index in [0.29, 0.717) is 6.61 Å². The van der Waals surface area contributed by atoms with E-state index in [2.05, 4.69) is 4.74 Å². The molecule has 0 aliphatic heterocycles. The van der Waals surface area contributed by atoms with E-state index in [9.17, 15) is 4.79 Å². The molecule has 0 amide bonds. The molecular formula is C7H14O4. The van der Waals surface area contributed by atoms with Gasteiger partial charge in [0.05, 0.1) is 19.8 Å². The first-order chi connectivity index (χ1) is 5.26. The molecule has 0 bridgehead atoms. The van der Waals surface area contributed by atoms with Gasteiger partial charge in [-0.15, -0.1) is 0 Å². The highest BCUT2D eigenvalue weighted by molar-refractivity contribution is 5.72. The highest BCUT2D eigenvalue weighted by Crippen LogP contribution is 1.98. The number of carbonyl (C=O) groups excluding carboxylic acids is 1. The van der Waals surface area contributed by atoms with Gasteiger partial charge in [-0.1, -0.05) is 0 Å². The summed E-state index contributed by atoms with van der Waals surface area (Å²) in [4.78, 5) is 10.9. The van der Waals surface area contributed by atoms with E-state index >= 15 is 0 Å². The second-order valence-electron chi connectivity index (χ2n) is 2.09. The number of rotatable bonds is 5. The van der Waals surface area contributed by atoms with Crippen LogP contribution in [0.4, 0.5) is 0 Å². The molecule has 66 valence electrons. The Labute approximate surface area is 66.1 Å². The first-order valence-electron chi connectivity index (χ1n) is 3.52. The van der Waals surface area contributed by atoms with E-state index in [1.165, 1.54) is 7.11 Å². The van der Waals surface area contributed by atoms with Crippen molar-refractivity contribution in [1.82, 2.24) is 0 Å². The summed E-state index contributed by atoms with van der Waals surface area (Å²) in [5.74, 6) is -0.947. The Morgan fingerprint density at radius 1 is 1.64 bits per heavy atom. The quantitative estimate of drug-likeness (QED) is 0.569. The van der Waals surface area contributed by atoms with Crippen molar-refractivity contribution in [3.8, 4) is 0 Å². The van der Waals surface area contributed by atoms with Crippen molar-refractivity contribution < 1.29 is 19.4 Å². The predicted octanol–water partition coefficient (Wildman–Crippen LogP) is -0.196. The second kappa shape index (κ2) is 6.12. The SMILES string of the molecule is CCOC(=O)C(CO)COC. The zero-order chi connectivity index (χ0) is 8.69. The number of carbonyl (C=O) groups is 1. The maximum atomic E-state index is 10.9. The van der Waals surface area contributed by atoms with Crippen molar-refractivity contribution in [3.05, 3.63) is 0 Å². The lowest BCUT2D eigenvalue weighted by Crippen LogP contribution is -2.25. The number of methoxy groups -OCH3 is 1. The van der Waals surface area contributed by atoms with Gasteiger partial charge in [-0.25, -0.2) is 0 Å². The molecule has 0 saturated heterocycles. The average Bonchev–Trinajstić information content (AvgIpc) is 2.00. The van der Waals surface area contributed by atoms with Gasteiger partial charge in [-0.05, 0) is 6.92 Å². The highest BCUT2D eigenvalue weighted by atomic mass is 16.5. The fourth-order valence-corrected chi connectivity index (χ4v) is 0.657. The van der Waals surface area contributed by atoms with Gasteiger partial charge in [0.2, 0.25) is 0 Å². The summed E-state index contributed by atoms with van der Waals surface area (Å²) in [5.41, 5.74) is 0. The number of hydrogen-bond donors (Lipinski definition) is 1. The molecule has 0 radical (unpaired) electrons. The van der Waals surface area contributed by atoms with E-state index in [0.717, 1.165) is 0 Å². The summed E-state index contributed by atoms with van der Waals surface area (Å²) >= 11 is 0. The third kappa shape index (κ3) is 3.95. The summed E-state index contributed by atoms with van der Waals surface area (Å²) in [7, 11) is 1.47. The van der Waals surface area contributed by atoms with E-state index < -0.39 is 11.9 Å². The van der Waals surface area contributed by atoms with Crippen LogP contribution in [0, 0.1) is 5.92 Å². The summed E-state index contributed by atoms with van der Waals surface area (Å²) in [5, 5.41) is 8.67. The Kier molecular flexibility index (Phi) is 5.78. The van der Waals surface area contributed by atoms with Crippen molar-refractivity contribution >= 4 is 5.97 Å². The Bertz CT molecular complexity index is 113. The number of aliphatic hydroxyl groups excluding tert-OH is 1. The van der Waals surface area contributed by atoms with Crippen LogP contribution in [-0.4, -0.2) is 38.0 Å². The van der Waals surface area contributed by atoms with Crippen molar-refractivity contribution in [2.75, 3.05) is 26.9 Å². The normalized spacial score (nSPS) is 12.6. The molecule has 0 spiro atoms. The minimum absolute atomic E-state index is 0.204. The van der Waals surface area contributed by atoms with Gasteiger partial charge >= 0.3 is 5.97 Å². The maximum absolute atomic E-state index is 10.9. The molecule has 0 saturated carbocycles. The van der Waals surface area contributed by atoms with Gasteiger partial charge in [-0.3, -0.25) is 4.79 Å². The minimum Gasteiger partial charge on any atom is -0.466 e. The highest BCUT2D eigenvalue weighted by Gasteiger charge is 2.17. The smallest absolute Gasteiger partial charge is 0.313 e. The molecule has 4 nitrogen and oxygen atoms in total. The van der Waals surface area contributed by atoms with Crippen molar-refractivity contribution in [2.24, 2.45) is 5.92 Å². The summed E-state index contributed by atoms with van der Waals surface area (Å²) in [6, 6.07) is 0. The molecule has 0 rings (SSSR count). The molecule has 0 aliphatic rings. The van der Waals surface area contributed by atoms with Gasteiger partial charge in [0.1, 0.15) is 5.92 Å². The standard InChI is InChI=1S/C7H14O4/c1-3-11-7(9)6(4-8)5-10-2/h6,8H,3-5H2,1-2H3. The van der Waals surface area contributed by atoms with Crippen LogP contribution in [0.2, 0.25) is 0 Å². The fourth-order valence-electron chi connectivity index (χ4n) is 0.657. The lowest BCUT2D eigenvalue weighted by Gasteiger charge is -2.10. The third-order valence-electron chi connectivity index (χ3n) is 1.21. The van der Waals surface area contributed by atoms with Gasteiger partial charge in [-0.2, -0.15) is 0 Å². The van der Waals surface area contributed by atoms with Crippen LogP contribution >= 0.6 is 0 Å². The lowest BCUT2D eigenvalue weighted by molar-refractivity contribution is -0.151. The zero-order valence-corrected chi connectivity index (χ0v) is 6.87. The average molecular weight is 162 g/mol. The van der Waals surface area contributed by atoms with Gasteiger partial charge < -0.3 is 14.6 Å². The van der Waals surface area contributed by atoms with Crippen LogP contribution in [0.5, 0.6) is 0 Å². The van der Waals surface area contributed by atoms with Crippen LogP contribution < -0.4 is 0 Å². The second-order valence-corrected chi connectivity index (χ2v) is 2.09. The van der Waals surface area contributed by atoms with Crippen LogP contribution in [0.25, 0.3) is 0 Å². The molecule has 1 unspecified atom stereocenters. The minimum atomic E-state index is -0.542. The van der Waals surface area contributed by atoms with Gasteiger partial charge in [0.25, 0.3) is 0 Å². The summed E-state index contributed by atoms with van der Waals surface area (Å²) < 4.78 is 9.37. The number of hydrogen-bond acceptors (Lipinski definition) is 4. The molecule has 0 aliphatic carbocycles. The molecule has 11 heavy (non-hydrogen) atoms. The van der Waals surface area contributed by atoms with Crippen LogP contribution in [0.1, 0.15) is 6.92 Å². The van der Waals surface area contributed by atoms with Crippen molar-refractivity contribution in [3.63, 3.8) is 0 Å². The Morgan fingerprint density at radius 3 is 2.64 bits per heavy atom. The first-order valence-corrected chi connectivity index (χ1v) is 3.52. The van der Waals surface area contributed by atoms with Crippen LogP contribution in [-0.2, 0) is 14.3 Å². The van der Waals surface area contributed by atoms with E-state index in [-0.39, 0.29) is 13.2 Å². The summed E-state index contributed by atoms with van der Waals surface area (Å²) in [6.45, 7) is 2.03. The Balaban J connectivity index is 3.71. The van der Waals surface area contributed by atoms with Crippen molar-refractivity contribution in [2.45, 2.75) is 6.92 Å². The van der Waals surface area contributed by atoms with Gasteiger partial charge in [0, 0.05) is 7.11 Å². The number of esters is 1. The maximum Gasteiger partial charge on any atom is 0.313 e. The largest absolute Gasteiger partial charge is 0.466 e. The number of aliphatic hydroxyl groups is 1. The topological polar surface area (TPSA) is 55.8 Å². The van der Waals surface area contributed by atoms with Crippen molar-refractivity contribution in [1.29, 1.82) is 0 Å². The molecule has 1 N–H and O–H groups in total. The van der Waals surface area contributed by atoms with E-state index in [1.807, 2.05) is 0 Å². The molecule has 0 fully saturated rings. The monoisotopic (exact) mass is 162 g/mol. The molecule has 1 atom stereocenters. The zero-order valence-electron chi connectivity index (χ0n) is 6.87. The third-order valence-corrected chi connectivity index (χ3v) is 1.21. The van der Waals surface area contributed by atoms with E-state index in [1.54, 1.807) is 6.92 Å². The predicted molar refractivity (Wildman–Crippen MR) is 39.1 cm³/mol. The first kappa shape index (κ1) is 10.4. The Hall–Kier alpha value is -0.610. The van der Waals surface area contributed by atoms with Gasteiger partial charge in [0.15, 0.2) is 0 Å². The Morgan fingerprint density at radius 2 is 2.27 bits per heavy atom.